The Labute approximate surface area is 319 Å². The summed E-state index contributed by atoms with van der Waals surface area (Å²) in [4.78, 5) is 61.5. The molecule has 4 aliphatic heterocycles. The summed E-state index contributed by atoms with van der Waals surface area (Å²) in [5, 5.41) is 3.29. The minimum Gasteiger partial charge on any atom is -0.493 e. The summed E-state index contributed by atoms with van der Waals surface area (Å²) in [6.45, 7) is 2.17. The molecule has 4 heterocycles. The van der Waals surface area contributed by atoms with Crippen LogP contribution in [0.25, 0.3) is 0 Å². The van der Waals surface area contributed by atoms with Gasteiger partial charge in [-0.3, -0.25) is 19.2 Å². The molecule has 0 saturated carbocycles. The number of nitrogens with zero attached hydrogens (tertiary/aromatic N) is 4. The van der Waals surface area contributed by atoms with Gasteiger partial charge in [0, 0.05) is 65.2 Å². The number of nitrogens with one attached hydrogen (secondary N) is 1. The van der Waals surface area contributed by atoms with Gasteiger partial charge in [0.2, 0.25) is 11.8 Å². The number of carbonyl (C=O) groups excluding carboxylic acids is 4. The van der Waals surface area contributed by atoms with E-state index >= 15 is 0 Å². The van der Waals surface area contributed by atoms with E-state index in [-0.39, 0.29) is 36.8 Å². The summed E-state index contributed by atoms with van der Waals surface area (Å²) in [5.74, 6) is 0.854. The van der Waals surface area contributed by atoms with Crippen molar-refractivity contribution in [2.75, 3.05) is 64.4 Å². The summed E-state index contributed by atoms with van der Waals surface area (Å²) >= 11 is 0. The Morgan fingerprint density at radius 3 is 1.38 bits per heavy atom. The third-order valence-electron chi connectivity index (χ3n) is 11.1. The van der Waals surface area contributed by atoms with E-state index in [4.69, 9.17) is 18.9 Å². The number of fused-ring (bicyclic) bond motifs is 6. The van der Waals surface area contributed by atoms with Crippen molar-refractivity contribution >= 4 is 35.0 Å². The maximum Gasteiger partial charge on any atom is 0.257 e. The van der Waals surface area contributed by atoms with Gasteiger partial charge in [0.15, 0.2) is 23.0 Å². The van der Waals surface area contributed by atoms with Crippen LogP contribution in [0.3, 0.4) is 0 Å². The fourth-order valence-corrected chi connectivity index (χ4v) is 8.04. The Balaban J connectivity index is 0.895. The first kappa shape index (κ1) is 35.9. The molecule has 13 heteroatoms. The Morgan fingerprint density at radius 1 is 0.582 bits per heavy atom. The van der Waals surface area contributed by atoms with E-state index in [1.807, 2.05) is 48.5 Å². The number of carbonyl (C=O) groups is 4. The average molecular weight is 746 g/mol. The highest BCUT2D eigenvalue weighted by Crippen LogP contribution is 2.41. The minimum absolute atomic E-state index is 0.155. The molecule has 4 aromatic carbocycles. The van der Waals surface area contributed by atoms with Crippen molar-refractivity contribution in [2.24, 2.45) is 0 Å². The van der Waals surface area contributed by atoms with E-state index < -0.39 is 12.1 Å². The van der Waals surface area contributed by atoms with E-state index in [0.717, 1.165) is 22.3 Å². The molecule has 0 aromatic heterocycles. The highest BCUT2D eigenvalue weighted by atomic mass is 16.5. The van der Waals surface area contributed by atoms with Crippen LogP contribution in [0, 0.1) is 0 Å². The zero-order chi connectivity index (χ0) is 38.4. The topological polar surface area (TPSA) is 130 Å². The molecule has 4 amide bonds. The van der Waals surface area contributed by atoms with Crippen molar-refractivity contribution in [1.29, 1.82) is 0 Å². The van der Waals surface area contributed by atoms with Gasteiger partial charge in [-0.15, -0.1) is 0 Å². The molecule has 1 N–H and O–H groups in total. The number of likely N-dealkylation sites (N-methyl/N-ethyl adjacent to an activating group) is 2. The van der Waals surface area contributed by atoms with Gasteiger partial charge in [0.1, 0.15) is 25.3 Å². The maximum absolute atomic E-state index is 13.9. The van der Waals surface area contributed by atoms with Crippen LogP contribution >= 0.6 is 0 Å². The van der Waals surface area contributed by atoms with Gasteiger partial charge in [-0.2, -0.15) is 0 Å². The number of anilines is 2. The van der Waals surface area contributed by atoms with Gasteiger partial charge in [0.25, 0.3) is 11.8 Å². The van der Waals surface area contributed by atoms with Crippen LogP contribution in [0.15, 0.2) is 72.8 Å². The molecule has 4 aliphatic rings. The fourth-order valence-electron chi connectivity index (χ4n) is 8.04. The van der Waals surface area contributed by atoms with Crippen molar-refractivity contribution in [2.45, 2.75) is 38.0 Å². The number of benzene rings is 4. The zero-order valence-corrected chi connectivity index (χ0v) is 31.3. The molecular formula is C42H43N5O8. The first-order valence-corrected chi connectivity index (χ1v) is 18.4. The number of amides is 4. The quantitative estimate of drug-likeness (QED) is 0.241. The molecule has 2 atom stereocenters. The molecule has 0 aliphatic carbocycles. The molecule has 0 fully saturated rings. The SMILES string of the molecule is COc1cc2c(cc1OCCNCCOc1cc3c(cc1OC)C(=O)N1Cc4ccccc4C[C@H]1C(=O)N3C)N(C)C(=O)[C@@H]1Cc3ccccc3CN1C2=O. The number of methoxy groups -OCH3 is 2. The second-order valence-electron chi connectivity index (χ2n) is 14.1. The van der Waals surface area contributed by atoms with Crippen molar-refractivity contribution in [3.63, 3.8) is 0 Å². The van der Waals surface area contributed by atoms with Gasteiger partial charge in [-0.25, -0.2) is 0 Å². The Kier molecular flexibility index (Phi) is 9.56. The van der Waals surface area contributed by atoms with Crippen LogP contribution in [0.1, 0.15) is 43.0 Å². The standard InChI is InChI=1S/C42H43N5O8/c1-44-31-21-37(35(52-3)19-29(31)39(48)46-23-27-11-7-5-9-25(27)17-33(46)41(44)50)54-15-13-43-14-16-55-38-22-32-30(20-36(38)53-4)40(49)47-24-28-12-8-6-10-26(28)18-34(47)42(51)45(32)2/h5-12,19-22,33-34,43H,13-18,23-24H2,1-4H3/t33-,34-/m0/s1. The summed E-state index contributed by atoms with van der Waals surface area (Å²) < 4.78 is 23.5. The lowest BCUT2D eigenvalue weighted by atomic mass is 9.93. The van der Waals surface area contributed by atoms with Crippen LogP contribution in [-0.2, 0) is 35.5 Å². The molecule has 0 bridgehead atoms. The Hall–Kier alpha value is -6.08. The third kappa shape index (κ3) is 6.37. The number of hydrogen-bond acceptors (Lipinski definition) is 9. The summed E-state index contributed by atoms with van der Waals surface area (Å²) in [6, 6.07) is 21.3. The number of hydrogen-bond donors (Lipinski definition) is 1. The lowest BCUT2D eigenvalue weighted by Gasteiger charge is -2.35. The van der Waals surface area contributed by atoms with Gasteiger partial charge < -0.3 is 43.9 Å². The van der Waals surface area contributed by atoms with E-state index in [1.54, 1.807) is 48.2 Å². The third-order valence-corrected chi connectivity index (χ3v) is 11.1. The van der Waals surface area contributed by atoms with E-state index in [9.17, 15) is 19.2 Å². The summed E-state index contributed by atoms with van der Waals surface area (Å²) in [5.41, 5.74) is 5.92. The van der Waals surface area contributed by atoms with Gasteiger partial charge in [0.05, 0.1) is 36.7 Å². The van der Waals surface area contributed by atoms with Gasteiger partial charge in [-0.1, -0.05) is 48.5 Å². The molecule has 13 nitrogen and oxygen atoms in total. The molecule has 0 unspecified atom stereocenters. The zero-order valence-electron chi connectivity index (χ0n) is 31.3. The van der Waals surface area contributed by atoms with Crippen molar-refractivity contribution in [1.82, 2.24) is 15.1 Å². The van der Waals surface area contributed by atoms with Gasteiger partial charge in [-0.05, 0) is 34.4 Å². The number of rotatable bonds is 10. The van der Waals surface area contributed by atoms with Crippen LogP contribution in [-0.4, -0.2) is 100 Å². The molecule has 284 valence electrons. The molecule has 4 aromatic rings. The Morgan fingerprint density at radius 2 is 0.982 bits per heavy atom. The lowest BCUT2D eigenvalue weighted by Crippen LogP contribution is -2.50. The normalized spacial score (nSPS) is 18.6. The van der Waals surface area contributed by atoms with E-state index in [1.165, 1.54) is 24.0 Å². The molecule has 0 spiro atoms. The van der Waals surface area contributed by atoms with E-state index in [0.29, 0.717) is 84.5 Å². The highest BCUT2D eigenvalue weighted by molar-refractivity contribution is 6.12. The maximum atomic E-state index is 13.9. The second kappa shape index (κ2) is 14.6. The van der Waals surface area contributed by atoms with Crippen molar-refractivity contribution in [3.8, 4) is 23.0 Å². The van der Waals surface area contributed by atoms with Crippen LogP contribution in [0.4, 0.5) is 11.4 Å². The summed E-state index contributed by atoms with van der Waals surface area (Å²) in [7, 11) is 6.41. The fraction of sp³-hybridized carbons (Fsp3) is 0.333. The molecule has 8 rings (SSSR count). The van der Waals surface area contributed by atoms with Crippen molar-refractivity contribution < 1.29 is 38.1 Å². The van der Waals surface area contributed by atoms with Crippen LogP contribution < -0.4 is 34.1 Å². The average Bonchev–Trinajstić information content (AvgIpc) is 3.33. The summed E-state index contributed by atoms with van der Waals surface area (Å²) in [6.07, 6.45) is 0.916. The predicted octanol–water partition coefficient (Wildman–Crippen LogP) is 3.84. The van der Waals surface area contributed by atoms with Crippen LogP contribution in [0.5, 0.6) is 23.0 Å². The second-order valence-corrected chi connectivity index (χ2v) is 14.1. The molecular weight excluding hydrogens is 702 g/mol. The first-order chi connectivity index (χ1) is 26.7. The first-order valence-electron chi connectivity index (χ1n) is 18.4. The van der Waals surface area contributed by atoms with E-state index in [2.05, 4.69) is 5.32 Å². The largest absolute Gasteiger partial charge is 0.493 e. The molecule has 55 heavy (non-hydrogen) atoms. The molecule has 0 radical (unpaired) electrons. The smallest absolute Gasteiger partial charge is 0.257 e. The van der Waals surface area contributed by atoms with Crippen molar-refractivity contribution in [3.05, 3.63) is 106 Å². The van der Waals surface area contributed by atoms with Gasteiger partial charge >= 0.3 is 0 Å². The minimum atomic E-state index is -0.598. The number of ether oxygens (including phenoxy) is 4. The lowest BCUT2D eigenvalue weighted by molar-refractivity contribution is -0.123. The molecule has 0 saturated heterocycles. The monoisotopic (exact) mass is 745 g/mol. The predicted molar refractivity (Wildman–Crippen MR) is 204 cm³/mol. The van der Waals surface area contributed by atoms with Crippen LogP contribution in [0.2, 0.25) is 0 Å². The highest BCUT2D eigenvalue weighted by Gasteiger charge is 2.43. The Bertz CT molecular complexity index is 2050.